The van der Waals surface area contributed by atoms with Crippen molar-refractivity contribution in [1.82, 2.24) is 10.3 Å². The molecule has 2 heterocycles. The number of hydrogen-bond donors (Lipinski definition) is 2. The first kappa shape index (κ1) is 13.1. The second kappa shape index (κ2) is 6.03. The summed E-state index contributed by atoms with van der Waals surface area (Å²) in [6.07, 6.45) is 4.02. The maximum Gasteiger partial charge on any atom is 0.146 e. The van der Waals surface area contributed by atoms with Gasteiger partial charge in [-0.15, -0.1) is 0 Å². The van der Waals surface area contributed by atoms with Crippen molar-refractivity contribution in [3.8, 4) is 6.07 Å². The molecule has 0 aromatic carbocycles. The van der Waals surface area contributed by atoms with Gasteiger partial charge in [-0.3, -0.25) is 0 Å². The number of halogens is 1. The number of aromatic nitrogens is 1. The highest BCUT2D eigenvalue weighted by atomic mass is 35.5. The standard InChI is InChI=1S/C13H17ClN4/c1-9(11-3-2-5-16-8-11)18-13-12(14)10(7-15)4-6-17-13/h4,6,9,11,16H,2-3,5,8H2,1H3,(H,17,18). The molecule has 1 aromatic heterocycles. The van der Waals surface area contributed by atoms with Crippen molar-refractivity contribution in [2.45, 2.75) is 25.8 Å². The molecule has 1 aromatic rings. The highest BCUT2D eigenvalue weighted by Crippen LogP contribution is 2.25. The fraction of sp³-hybridized carbons (Fsp3) is 0.538. The number of nitrogens with one attached hydrogen (secondary N) is 2. The van der Waals surface area contributed by atoms with Crippen LogP contribution in [0.2, 0.25) is 5.02 Å². The molecule has 0 saturated carbocycles. The fourth-order valence-corrected chi connectivity index (χ4v) is 2.48. The lowest BCUT2D eigenvalue weighted by atomic mass is 9.93. The number of pyridine rings is 1. The molecule has 0 radical (unpaired) electrons. The Kier molecular flexibility index (Phi) is 4.40. The van der Waals surface area contributed by atoms with Crippen LogP contribution in [-0.2, 0) is 0 Å². The van der Waals surface area contributed by atoms with Crippen LogP contribution in [0.3, 0.4) is 0 Å². The molecule has 5 heteroatoms. The van der Waals surface area contributed by atoms with Crippen LogP contribution in [0, 0.1) is 17.2 Å². The summed E-state index contributed by atoms with van der Waals surface area (Å²) in [6, 6.07) is 3.98. The number of hydrogen-bond acceptors (Lipinski definition) is 4. The van der Waals surface area contributed by atoms with Crippen LogP contribution < -0.4 is 10.6 Å². The molecular formula is C13H17ClN4. The van der Waals surface area contributed by atoms with E-state index in [0.717, 1.165) is 13.1 Å². The van der Waals surface area contributed by atoms with Gasteiger partial charge in [-0.2, -0.15) is 5.26 Å². The van der Waals surface area contributed by atoms with E-state index in [9.17, 15) is 0 Å². The van der Waals surface area contributed by atoms with Gasteiger partial charge in [-0.1, -0.05) is 11.6 Å². The van der Waals surface area contributed by atoms with Gasteiger partial charge >= 0.3 is 0 Å². The highest BCUT2D eigenvalue weighted by molar-refractivity contribution is 6.34. The van der Waals surface area contributed by atoms with E-state index in [0.29, 0.717) is 22.3 Å². The average Bonchev–Trinajstić information content (AvgIpc) is 2.42. The molecule has 0 spiro atoms. The lowest BCUT2D eigenvalue weighted by Gasteiger charge is -2.29. The summed E-state index contributed by atoms with van der Waals surface area (Å²) in [5, 5.41) is 16.1. The van der Waals surface area contributed by atoms with E-state index in [1.807, 2.05) is 0 Å². The van der Waals surface area contributed by atoms with Gasteiger partial charge in [0.1, 0.15) is 16.9 Å². The van der Waals surface area contributed by atoms with Gasteiger partial charge in [0.15, 0.2) is 0 Å². The quantitative estimate of drug-likeness (QED) is 0.880. The van der Waals surface area contributed by atoms with Gasteiger partial charge in [0, 0.05) is 12.2 Å². The molecule has 0 bridgehead atoms. The van der Waals surface area contributed by atoms with Crippen LogP contribution in [0.5, 0.6) is 0 Å². The van der Waals surface area contributed by atoms with Crippen LogP contribution >= 0.6 is 11.6 Å². The maximum absolute atomic E-state index is 8.93. The van der Waals surface area contributed by atoms with Crippen LogP contribution in [-0.4, -0.2) is 24.1 Å². The van der Waals surface area contributed by atoms with Gasteiger partial charge in [0.05, 0.1) is 5.56 Å². The van der Waals surface area contributed by atoms with Crippen molar-refractivity contribution in [2.75, 3.05) is 18.4 Å². The van der Waals surface area contributed by atoms with E-state index in [-0.39, 0.29) is 6.04 Å². The summed E-state index contributed by atoms with van der Waals surface area (Å²) < 4.78 is 0. The van der Waals surface area contributed by atoms with E-state index in [1.165, 1.54) is 12.8 Å². The largest absolute Gasteiger partial charge is 0.366 e. The van der Waals surface area contributed by atoms with E-state index in [1.54, 1.807) is 12.3 Å². The normalized spacial score (nSPS) is 21.1. The SMILES string of the molecule is CC(Nc1nccc(C#N)c1Cl)C1CCCNC1. The van der Waals surface area contributed by atoms with Crippen LogP contribution in [0.15, 0.2) is 12.3 Å². The number of anilines is 1. The van der Waals surface area contributed by atoms with Crippen LogP contribution in [0.1, 0.15) is 25.3 Å². The Morgan fingerprint density at radius 1 is 1.67 bits per heavy atom. The monoisotopic (exact) mass is 264 g/mol. The van der Waals surface area contributed by atoms with Crippen LogP contribution in [0.4, 0.5) is 5.82 Å². The van der Waals surface area contributed by atoms with Crippen molar-refractivity contribution in [1.29, 1.82) is 5.26 Å². The Labute approximate surface area is 112 Å². The zero-order valence-corrected chi connectivity index (χ0v) is 11.2. The molecule has 1 saturated heterocycles. The third-order valence-electron chi connectivity index (χ3n) is 3.42. The summed E-state index contributed by atoms with van der Waals surface area (Å²) in [5.74, 6) is 1.18. The van der Waals surface area contributed by atoms with Crippen LogP contribution in [0.25, 0.3) is 0 Å². The molecule has 4 nitrogen and oxygen atoms in total. The van der Waals surface area contributed by atoms with E-state index in [4.69, 9.17) is 16.9 Å². The summed E-state index contributed by atoms with van der Waals surface area (Å²) >= 11 is 6.13. The molecule has 0 amide bonds. The number of piperidine rings is 1. The molecule has 0 aliphatic carbocycles. The predicted molar refractivity (Wildman–Crippen MR) is 72.6 cm³/mol. The topological polar surface area (TPSA) is 60.7 Å². The van der Waals surface area contributed by atoms with Crippen molar-refractivity contribution in [3.05, 3.63) is 22.8 Å². The van der Waals surface area contributed by atoms with Crippen molar-refractivity contribution in [2.24, 2.45) is 5.92 Å². The Bertz CT molecular complexity index is 449. The van der Waals surface area contributed by atoms with E-state index >= 15 is 0 Å². The molecule has 1 aliphatic heterocycles. The molecule has 96 valence electrons. The second-order valence-corrected chi connectivity index (χ2v) is 5.05. The van der Waals surface area contributed by atoms with Crippen molar-refractivity contribution < 1.29 is 0 Å². The van der Waals surface area contributed by atoms with Gasteiger partial charge in [-0.25, -0.2) is 4.98 Å². The number of nitrogens with zero attached hydrogens (tertiary/aromatic N) is 2. The fourth-order valence-electron chi connectivity index (χ4n) is 2.27. The zero-order valence-electron chi connectivity index (χ0n) is 10.4. The molecule has 2 rings (SSSR count). The molecule has 18 heavy (non-hydrogen) atoms. The second-order valence-electron chi connectivity index (χ2n) is 4.67. The lowest BCUT2D eigenvalue weighted by molar-refractivity contribution is 0.346. The van der Waals surface area contributed by atoms with Gasteiger partial charge in [-0.05, 0) is 44.8 Å². The van der Waals surface area contributed by atoms with Crippen molar-refractivity contribution >= 4 is 17.4 Å². The van der Waals surface area contributed by atoms with Crippen molar-refractivity contribution in [3.63, 3.8) is 0 Å². The number of rotatable bonds is 3. The summed E-state index contributed by atoms with van der Waals surface area (Å²) in [5.41, 5.74) is 0.461. The highest BCUT2D eigenvalue weighted by Gasteiger charge is 2.21. The Morgan fingerprint density at radius 2 is 2.50 bits per heavy atom. The van der Waals surface area contributed by atoms with E-state index in [2.05, 4.69) is 28.6 Å². The smallest absolute Gasteiger partial charge is 0.146 e. The predicted octanol–water partition coefficient (Wildman–Crippen LogP) is 2.41. The van der Waals surface area contributed by atoms with E-state index < -0.39 is 0 Å². The third kappa shape index (κ3) is 2.92. The summed E-state index contributed by atoms with van der Waals surface area (Å²) in [7, 11) is 0. The van der Waals surface area contributed by atoms with Gasteiger partial charge in [0.2, 0.25) is 0 Å². The Morgan fingerprint density at radius 3 is 3.17 bits per heavy atom. The first-order valence-electron chi connectivity index (χ1n) is 6.24. The summed E-state index contributed by atoms with van der Waals surface area (Å²) in [6.45, 7) is 4.25. The minimum absolute atomic E-state index is 0.289. The molecule has 2 atom stereocenters. The molecule has 1 fully saturated rings. The maximum atomic E-state index is 8.93. The third-order valence-corrected chi connectivity index (χ3v) is 3.80. The zero-order chi connectivity index (χ0) is 13.0. The Balaban J connectivity index is 2.07. The number of nitriles is 1. The lowest BCUT2D eigenvalue weighted by Crippen LogP contribution is -2.39. The minimum atomic E-state index is 0.289. The first-order valence-corrected chi connectivity index (χ1v) is 6.62. The van der Waals surface area contributed by atoms with Gasteiger partial charge in [0.25, 0.3) is 0 Å². The molecule has 2 N–H and O–H groups in total. The molecule has 1 aliphatic rings. The average molecular weight is 265 g/mol. The minimum Gasteiger partial charge on any atom is -0.366 e. The Hall–Kier alpha value is -1.31. The first-order chi connectivity index (χ1) is 8.72. The molecule has 2 unspecified atom stereocenters. The van der Waals surface area contributed by atoms with Gasteiger partial charge < -0.3 is 10.6 Å². The summed E-state index contributed by atoms with van der Waals surface area (Å²) in [4.78, 5) is 4.21. The molecular weight excluding hydrogens is 248 g/mol.